The lowest BCUT2D eigenvalue weighted by molar-refractivity contribution is 0.316. The van der Waals surface area contributed by atoms with Gasteiger partial charge in [0.25, 0.3) is 0 Å². The molecule has 0 saturated heterocycles. The van der Waals surface area contributed by atoms with Gasteiger partial charge in [-0.25, -0.2) is 0 Å². The van der Waals surface area contributed by atoms with Crippen molar-refractivity contribution in [2.24, 2.45) is 0 Å². The van der Waals surface area contributed by atoms with Crippen molar-refractivity contribution in [3.63, 3.8) is 0 Å². The molecule has 0 aliphatic heterocycles. The van der Waals surface area contributed by atoms with Gasteiger partial charge < -0.3 is 4.74 Å². The Balaban J connectivity index is 3.06. The molecule has 15 heavy (non-hydrogen) atoms. The van der Waals surface area contributed by atoms with Crippen LogP contribution in [-0.4, -0.2) is 6.61 Å². The molecule has 2 heteroatoms. The maximum absolute atomic E-state index is 9.09. The summed E-state index contributed by atoms with van der Waals surface area (Å²) in [6.07, 6.45) is 0.940. The van der Waals surface area contributed by atoms with E-state index in [-0.39, 0.29) is 5.92 Å². The minimum atomic E-state index is 0.102. The number of ether oxygens (including phenoxy) is 1. The van der Waals surface area contributed by atoms with Crippen LogP contribution >= 0.6 is 0 Å². The van der Waals surface area contributed by atoms with Crippen LogP contribution in [0, 0.1) is 18.3 Å². The Morgan fingerprint density at radius 1 is 1.53 bits per heavy atom. The van der Waals surface area contributed by atoms with Crippen LogP contribution in [0.1, 0.15) is 37.3 Å². The fourth-order valence-corrected chi connectivity index (χ4v) is 1.41. The average molecular weight is 202 g/mol. The molecule has 79 valence electrons. The number of hydrogen-bond acceptors (Lipinski definition) is 2. The number of hydrogen-bond donors (Lipinski definition) is 0. The van der Waals surface area contributed by atoms with Crippen molar-refractivity contribution < 1.29 is 4.74 Å². The molecule has 1 unspecified atom stereocenters. The van der Waals surface area contributed by atoms with Crippen molar-refractivity contribution in [1.29, 1.82) is 5.26 Å². The van der Waals surface area contributed by atoms with Gasteiger partial charge in [-0.05, 0) is 30.9 Å². The first-order valence-electron chi connectivity index (χ1n) is 5.19. The highest BCUT2D eigenvalue weighted by atomic mass is 16.5. The predicted octanol–water partition coefficient (Wildman–Crippen LogP) is 3.28. The van der Waals surface area contributed by atoms with Gasteiger partial charge in [0.2, 0.25) is 0 Å². The lowest BCUT2D eigenvalue weighted by Gasteiger charge is -2.12. The summed E-state index contributed by atoms with van der Waals surface area (Å²) in [5.41, 5.74) is 1.57. The monoisotopic (exact) mass is 202 g/mol. The van der Waals surface area contributed by atoms with Crippen LogP contribution in [0.2, 0.25) is 0 Å². The van der Waals surface area contributed by atoms with Gasteiger partial charge >= 0.3 is 0 Å². The summed E-state index contributed by atoms with van der Waals surface area (Å²) in [6, 6.07) is 7.85. The van der Waals surface area contributed by atoms with Crippen LogP contribution in [0.5, 0.6) is 5.75 Å². The summed E-state index contributed by atoms with van der Waals surface area (Å²) >= 11 is 0. The van der Waals surface area contributed by atoms with Gasteiger partial charge in [-0.2, -0.15) is 5.26 Å². The van der Waals surface area contributed by atoms with Gasteiger partial charge in [0.05, 0.1) is 12.2 Å². The van der Waals surface area contributed by atoms with Crippen molar-refractivity contribution in [2.75, 3.05) is 6.61 Å². The normalized spacial score (nSPS) is 10.1. The maximum atomic E-state index is 9.09. The average Bonchev–Trinajstić information content (AvgIpc) is 2.25. The third-order valence-electron chi connectivity index (χ3n) is 2.16. The first kappa shape index (κ1) is 11.6. The Morgan fingerprint density at radius 2 is 2.27 bits per heavy atom. The molecule has 1 rings (SSSR count). The van der Waals surface area contributed by atoms with Gasteiger partial charge in [-0.3, -0.25) is 0 Å². The molecule has 0 fully saturated rings. The second-order valence-corrected chi connectivity index (χ2v) is 3.58. The summed E-state index contributed by atoms with van der Waals surface area (Å²) in [5.74, 6) is 0.775. The number of nitrogens with zero attached hydrogens (tertiary/aromatic N) is 1. The zero-order valence-corrected chi connectivity index (χ0v) is 9.29. The third-order valence-corrected chi connectivity index (χ3v) is 2.16. The Hall–Kier alpha value is -1.49. The van der Waals surface area contributed by atoms with Gasteiger partial charge in [0.1, 0.15) is 11.8 Å². The zero-order valence-electron chi connectivity index (χ0n) is 9.29. The highest BCUT2D eigenvalue weighted by Gasteiger charge is 2.11. The van der Waals surface area contributed by atoms with E-state index >= 15 is 0 Å². The second kappa shape index (κ2) is 5.41. The fourth-order valence-electron chi connectivity index (χ4n) is 1.41. The zero-order chi connectivity index (χ0) is 11.3. The lowest BCUT2D eigenvalue weighted by Crippen LogP contribution is -2.01. The lowest BCUT2D eigenvalue weighted by atomic mass is 9.97. The molecule has 0 bridgehead atoms. The Morgan fingerprint density at radius 3 is 2.80 bits per heavy atom. The summed E-state index contributed by atoms with van der Waals surface area (Å²) in [7, 11) is 0. The molecule has 0 aliphatic carbocycles. The van der Waals surface area contributed by atoms with E-state index in [0.717, 1.165) is 12.0 Å². The summed E-state index contributed by atoms with van der Waals surface area (Å²) in [5, 5.41) is 9.09. The highest BCUT2D eigenvalue weighted by Crippen LogP contribution is 2.26. The quantitative estimate of drug-likeness (QED) is 0.750. The molecule has 1 aromatic carbocycles. The van der Waals surface area contributed by atoms with Crippen molar-refractivity contribution in [3.05, 3.63) is 36.2 Å². The van der Waals surface area contributed by atoms with Gasteiger partial charge in [-0.15, -0.1) is 0 Å². The molecule has 0 saturated carbocycles. The number of nitriles is 1. The first-order valence-corrected chi connectivity index (χ1v) is 5.19. The molecular formula is C13H16NO. The molecular weight excluding hydrogens is 186 g/mol. The molecule has 1 aromatic rings. The number of rotatable bonds is 4. The van der Waals surface area contributed by atoms with Gasteiger partial charge in [0.15, 0.2) is 0 Å². The van der Waals surface area contributed by atoms with Crippen LogP contribution in [0.4, 0.5) is 0 Å². The van der Waals surface area contributed by atoms with Crippen molar-refractivity contribution in [3.8, 4) is 11.8 Å². The van der Waals surface area contributed by atoms with Crippen LogP contribution in [0.3, 0.4) is 0 Å². The van der Waals surface area contributed by atoms with Crippen molar-refractivity contribution >= 4 is 0 Å². The SMILES string of the molecule is [CH2]C(C)c1cccc(OCCC)c1C#N. The maximum Gasteiger partial charge on any atom is 0.137 e. The minimum Gasteiger partial charge on any atom is -0.492 e. The van der Waals surface area contributed by atoms with E-state index < -0.39 is 0 Å². The molecule has 1 atom stereocenters. The Labute approximate surface area is 91.5 Å². The molecule has 0 N–H and O–H groups in total. The Kier molecular flexibility index (Phi) is 4.17. The molecule has 0 heterocycles. The van der Waals surface area contributed by atoms with Crippen LogP contribution in [0.25, 0.3) is 0 Å². The van der Waals surface area contributed by atoms with Crippen LogP contribution < -0.4 is 4.74 Å². The van der Waals surface area contributed by atoms with Crippen molar-refractivity contribution in [2.45, 2.75) is 26.2 Å². The molecule has 2 nitrogen and oxygen atoms in total. The first-order chi connectivity index (χ1) is 7.20. The van der Waals surface area contributed by atoms with E-state index in [1.165, 1.54) is 0 Å². The second-order valence-electron chi connectivity index (χ2n) is 3.58. The fraction of sp³-hybridized carbons (Fsp3) is 0.385. The molecule has 0 aromatic heterocycles. The Bertz CT molecular complexity index is 363. The van der Waals surface area contributed by atoms with E-state index in [2.05, 4.69) is 13.0 Å². The minimum absolute atomic E-state index is 0.102. The summed E-state index contributed by atoms with van der Waals surface area (Å²) < 4.78 is 5.52. The summed E-state index contributed by atoms with van der Waals surface area (Å²) in [4.78, 5) is 0. The topological polar surface area (TPSA) is 33.0 Å². The predicted molar refractivity (Wildman–Crippen MR) is 60.7 cm³/mol. The van der Waals surface area contributed by atoms with E-state index in [1.54, 1.807) is 0 Å². The highest BCUT2D eigenvalue weighted by molar-refractivity contribution is 5.50. The van der Waals surface area contributed by atoms with E-state index in [9.17, 15) is 0 Å². The molecule has 0 aliphatic rings. The van der Waals surface area contributed by atoms with E-state index in [1.807, 2.05) is 32.0 Å². The van der Waals surface area contributed by atoms with Crippen LogP contribution in [0.15, 0.2) is 18.2 Å². The third kappa shape index (κ3) is 2.73. The van der Waals surface area contributed by atoms with Gasteiger partial charge in [-0.1, -0.05) is 26.0 Å². The molecule has 0 spiro atoms. The molecule has 1 radical (unpaired) electrons. The summed E-state index contributed by atoms with van der Waals surface area (Å²) in [6.45, 7) is 8.59. The van der Waals surface area contributed by atoms with Crippen LogP contribution in [-0.2, 0) is 0 Å². The van der Waals surface area contributed by atoms with E-state index in [4.69, 9.17) is 10.00 Å². The van der Waals surface area contributed by atoms with E-state index in [0.29, 0.717) is 17.9 Å². The standard InChI is InChI=1S/C13H16NO/c1-4-8-15-13-7-5-6-11(10(2)3)12(13)9-14/h5-7,10H,2,4,8H2,1,3H3. The number of benzene rings is 1. The smallest absolute Gasteiger partial charge is 0.137 e. The van der Waals surface area contributed by atoms with Crippen molar-refractivity contribution in [1.82, 2.24) is 0 Å². The van der Waals surface area contributed by atoms with Gasteiger partial charge in [0, 0.05) is 0 Å². The largest absolute Gasteiger partial charge is 0.492 e. The molecule has 0 amide bonds.